The highest BCUT2D eigenvalue weighted by Gasteiger charge is 2.05. The molecular formula is C9H7NO3. The van der Waals surface area contributed by atoms with E-state index in [1.807, 2.05) is 31.2 Å². The Hall–Kier alpha value is -1.84. The van der Waals surface area contributed by atoms with Gasteiger partial charge in [0.15, 0.2) is 0 Å². The van der Waals surface area contributed by atoms with Crippen LogP contribution in [-0.4, -0.2) is 5.16 Å². The summed E-state index contributed by atoms with van der Waals surface area (Å²) in [4.78, 5) is 10.5. The molecule has 0 radical (unpaired) electrons. The van der Waals surface area contributed by atoms with Gasteiger partial charge < -0.3 is 4.42 Å². The zero-order valence-corrected chi connectivity index (χ0v) is 6.98. The van der Waals surface area contributed by atoms with Gasteiger partial charge in [-0.1, -0.05) is 17.7 Å². The molecule has 13 heavy (non-hydrogen) atoms. The van der Waals surface area contributed by atoms with Crippen LogP contribution in [0.15, 0.2) is 38.0 Å². The second kappa shape index (κ2) is 2.90. The number of aryl methyl sites for hydroxylation is 1. The van der Waals surface area contributed by atoms with Gasteiger partial charge >= 0.3 is 5.82 Å². The Kier molecular flexibility index (Phi) is 1.73. The SMILES string of the molecule is Cc1ccc(-c2noc(=O)o2)cc1. The van der Waals surface area contributed by atoms with Gasteiger partial charge in [-0.05, 0) is 24.2 Å². The third-order valence-corrected chi connectivity index (χ3v) is 1.68. The minimum Gasteiger partial charge on any atom is -0.370 e. The number of benzene rings is 1. The van der Waals surface area contributed by atoms with Crippen molar-refractivity contribution in [2.45, 2.75) is 6.92 Å². The van der Waals surface area contributed by atoms with Gasteiger partial charge in [0.05, 0.1) is 0 Å². The Morgan fingerprint density at radius 1 is 1.23 bits per heavy atom. The molecule has 0 unspecified atom stereocenters. The molecule has 1 heterocycles. The third-order valence-electron chi connectivity index (χ3n) is 1.68. The normalized spacial score (nSPS) is 10.2. The fourth-order valence-electron chi connectivity index (χ4n) is 1.00. The van der Waals surface area contributed by atoms with Crippen LogP contribution in [0.25, 0.3) is 11.5 Å². The molecule has 0 aliphatic rings. The zero-order chi connectivity index (χ0) is 9.26. The molecule has 1 aromatic carbocycles. The van der Waals surface area contributed by atoms with Crippen molar-refractivity contribution >= 4 is 0 Å². The van der Waals surface area contributed by atoms with Crippen molar-refractivity contribution in [1.82, 2.24) is 5.16 Å². The van der Waals surface area contributed by atoms with Crippen molar-refractivity contribution in [1.29, 1.82) is 0 Å². The second-order valence-electron chi connectivity index (χ2n) is 2.71. The predicted octanol–water partition coefficient (Wildman–Crippen LogP) is 1.60. The Morgan fingerprint density at radius 2 is 1.92 bits per heavy atom. The third kappa shape index (κ3) is 1.51. The van der Waals surface area contributed by atoms with E-state index < -0.39 is 5.82 Å². The fraction of sp³-hybridized carbons (Fsp3) is 0.111. The number of rotatable bonds is 1. The first kappa shape index (κ1) is 7.79. The molecule has 2 aromatic rings. The molecule has 4 nitrogen and oxygen atoms in total. The van der Waals surface area contributed by atoms with Crippen LogP contribution in [0.5, 0.6) is 0 Å². The second-order valence-corrected chi connectivity index (χ2v) is 2.71. The molecule has 0 fully saturated rings. The van der Waals surface area contributed by atoms with Crippen molar-refractivity contribution in [2.24, 2.45) is 0 Å². The molecule has 0 aliphatic heterocycles. The van der Waals surface area contributed by atoms with Gasteiger partial charge in [0.2, 0.25) is 0 Å². The van der Waals surface area contributed by atoms with E-state index in [1.54, 1.807) is 0 Å². The molecule has 66 valence electrons. The number of nitrogens with zero attached hydrogens (tertiary/aromatic N) is 1. The van der Waals surface area contributed by atoms with E-state index >= 15 is 0 Å². The Labute approximate surface area is 73.8 Å². The van der Waals surface area contributed by atoms with Crippen LogP contribution in [0.3, 0.4) is 0 Å². The molecule has 4 heteroatoms. The molecule has 0 amide bonds. The molecule has 1 aromatic heterocycles. The van der Waals surface area contributed by atoms with Crippen LogP contribution in [0.4, 0.5) is 0 Å². The standard InChI is InChI=1S/C9H7NO3/c1-6-2-4-7(5-3-6)8-10-13-9(11)12-8/h2-5H,1H3. The maximum Gasteiger partial charge on any atom is 0.542 e. The first-order chi connectivity index (χ1) is 6.25. The van der Waals surface area contributed by atoms with Crippen LogP contribution in [0, 0.1) is 6.92 Å². The topological polar surface area (TPSA) is 56.2 Å². The summed E-state index contributed by atoms with van der Waals surface area (Å²) in [5, 5.41) is 3.46. The lowest BCUT2D eigenvalue weighted by molar-refractivity contribution is 0.335. The molecule has 0 atom stereocenters. The molecule has 0 aliphatic carbocycles. The van der Waals surface area contributed by atoms with Crippen LogP contribution in [-0.2, 0) is 0 Å². The van der Waals surface area contributed by atoms with E-state index in [1.165, 1.54) is 0 Å². The Balaban J connectivity index is 2.47. The predicted molar refractivity (Wildman–Crippen MR) is 45.2 cm³/mol. The average Bonchev–Trinajstić information content (AvgIpc) is 2.53. The summed E-state index contributed by atoms with van der Waals surface area (Å²) in [5.41, 5.74) is 1.87. The fourth-order valence-corrected chi connectivity index (χ4v) is 1.00. The van der Waals surface area contributed by atoms with Crippen LogP contribution in [0.1, 0.15) is 5.56 Å². The van der Waals surface area contributed by atoms with Crippen molar-refractivity contribution in [3.8, 4) is 11.5 Å². The summed E-state index contributed by atoms with van der Waals surface area (Å²) in [6, 6.07) is 7.44. The van der Waals surface area contributed by atoms with E-state index in [9.17, 15) is 4.79 Å². The molecule has 0 saturated carbocycles. The largest absolute Gasteiger partial charge is 0.542 e. The number of hydrogen-bond donors (Lipinski definition) is 0. The molecule has 0 bridgehead atoms. The summed E-state index contributed by atoms with van der Waals surface area (Å²) in [5.74, 6) is -0.569. The van der Waals surface area contributed by atoms with Crippen LogP contribution >= 0.6 is 0 Å². The van der Waals surface area contributed by atoms with E-state index in [4.69, 9.17) is 0 Å². The average molecular weight is 177 g/mol. The maximum absolute atomic E-state index is 10.5. The van der Waals surface area contributed by atoms with Gasteiger partial charge in [-0.25, -0.2) is 4.79 Å². The highest BCUT2D eigenvalue weighted by Crippen LogP contribution is 2.15. The first-order valence-electron chi connectivity index (χ1n) is 3.79. The van der Waals surface area contributed by atoms with Gasteiger partial charge in [-0.3, -0.25) is 4.52 Å². The molecule has 0 N–H and O–H groups in total. The highest BCUT2D eigenvalue weighted by molar-refractivity contribution is 5.52. The lowest BCUT2D eigenvalue weighted by Crippen LogP contribution is -1.85. The smallest absolute Gasteiger partial charge is 0.370 e. The van der Waals surface area contributed by atoms with E-state index in [0.29, 0.717) is 0 Å². The minimum absolute atomic E-state index is 0.213. The zero-order valence-electron chi connectivity index (χ0n) is 6.98. The van der Waals surface area contributed by atoms with Gasteiger partial charge in [0, 0.05) is 5.56 Å². The van der Waals surface area contributed by atoms with E-state index in [-0.39, 0.29) is 5.89 Å². The monoisotopic (exact) mass is 177 g/mol. The summed E-state index contributed by atoms with van der Waals surface area (Å²) >= 11 is 0. The van der Waals surface area contributed by atoms with Gasteiger partial charge in [0.25, 0.3) is 5.89 Å². The number of aromatic nitrogens is 1. The maximum atomic E-state index is 10.5. The summed E-state index contributed by atoms with van der Waals surface area (Å²) in [6.45, 7) is 1.97. The van der Waals surface area contributed by atoms with Gasteiger partial charge in [-0.15, -0.1) is 0 Å². The van der Waals surface area contributed by atoms with Crippen LogP contribution in [0.2, 0.25) is 0 Å². The summed E-state index contributed by atoms with van der Waals surface area (Å²) in [7, 11) is 0. The van der Waals surface area contributed by atoms with Crippen molar-refractivity contribution in [3.05, 3.63) is 40.4 Å². The molecule has 0 saturated heterocycles. The van der Waals surface area contributed by atoms with Crippen molar-refractivity contribution < 1.29 is 8.94 Å². The van der Waals surface area contributed by atoms with Crippen molar-refractivity contribution in [3.63, 3.8) is 0 Å². The quantitative estimate of drug-likeness (QED) is 0.663. The Morgan fingerprint density at radius 3 is 2.46 bits per heavy atom. The Bertz CT molecular complexity index is 452. The minimum atomic E-state index is -0.782. The summed E-state index contributed by atoms with van der Waals surface area (Å²) < 4.78 is 8.95. The summed E-state index contributed by atoms with van der Waals surface area (Å²) in [6.07, 6.45) is 0. The number of hydrogen-bond acceptors (Lipinski definition) is 4. The molecule has 2 rings (SSSR count). The van der Waals surface area contributed by atoms with Crippen LogP contribution < -0.4 is 5.82 Å². The van der Waals surface area contributed by atoms with E-state index in [0.717, 1.165) is 11.1 Å². The highest BCUT2D eigenvalue weighted by atomic mass is 16.6. The first-order valence-corrected chi connectivity index (χ1v) is 3.79. The van der Waals surface area contributed by atoms with E-state index in [2.05, 4.69) is 14.1 Å². The lowest BCUT2D eigenvalue weighted by atomic mass is 10.1. The van der Waals surface area contributed by atoms with Gasteiger partial charge in [-0.2, -0.15) is 0 Å². The van der Waals surface area contributed by atoms with Crippen molar-refractivity contribution in [2.75, 3.05) is 0 Å². The lowest BCUT2D eigenvalue weighted by Gasteiger charge is -1.93. The molecular weight excluding hydrogens is 170 g/mol. The van der Waals surface area contributed by atoms with Gasteiger partial charge in [0.1, 0.15) is 0 Å². The molecule has 0 spiro atoms.